The summed E-state index contributed by atoms with van der Waals surface area (Å²) in [5.41, 5.74) is 5.07. The fraction of sp³-hybridized carbons (Fsp3) is 0.143. The highest BCUT2D eigenvalue weighted by molar-refractivity contribution is 7.93. The average molecular weight is 389 g/mol. The number of halogens is 1. The normalized spacial score (nSPS) is 12.6. The third-order valence-electron chi connectivity index (χ3n) is 2.98. The summed E-state index contributed by atoms with van der Waals surface area (Å²) < 4.78 is 25.0. The molecule has 2 amide bonds. The van der Waals surface area contributed by atoms with Crippen molar-refractivity contribution in [3.05, 3.63) is 40.9 Å². The number of carbonyl (C=O) groups is 2. The molecule has 4 N–H and O–H groups in total. The molecule has 0 radical (unpaired) electrons. The summed E-state index contributed by atoms with van der Waals surface area (Å²) in [4.78, 5) is 23.1. The topological polar surface area (TPSA) is 127 Å². The summed E-state index contributed by atoms with van der Waals surface area (Å²) in [6.45, 7) is 1.23. The van der Waals surface area contributed by atoms with Crippen LogP contribution in [0.3, 0.4) is 0 Å². The Balaban J connectivity index is 2.49. The fourth-order valence-electron chi connectivity index (χ4n) is 1.72. The Morgan fingerprint density at radius 3 is 2.38 bits per heavy atom. The smallest absolute Gasteiger partial charge is 0.253 e. The van der Waals surface area contributed by atoms with E-state index in [0.717, 1.165) is 6.07 Å². The number of thiophene rings is 1. The van der Waals surface area contributed by atoms with E-state index < -0.39 is 27.8 Å². The molecule has 7 nitrogen and oxygen atoms in total. The summed E-state index contributed by atoms with van der Waals surface area (Å²) in [6.07, 6.45) is -1.33. The quantitative estimate of drug-likeness (QED) is 0.717. The molecule has 0 saturated heterocycles. The molecule has 1 aromatic heterocycles. The zero-order valence-corrected chi connectivity index (χ0v) is 14.7. The molecule has 2 aromatic rings. The van der Waals surface area contributed by atoms with Gasteiger partial charge in [-0.3, -0.25) is 9.59 Å². The summed E-state index contributed by atoms with van der Waals surface area (Å²) in [5.74, 6) is -1.68. The lowest BCUT2D eigenvalue weighted by Gasteiger charge is -2.05. The van der Waals surface area contributed by atoms with Gasteiger partial charge < -0.3 is 16.2 Å². The second-order valence-electron chi connectivity index (χ2n) is 4.80. The van der Waals surface area contributed by atoms with E-state index in [-0.39, 0.29) is 19.7 Å². The molecule has 0 saturated carbocycles. The number of hydrogen-bond acceptors (Lipinski definition) is 6. The van der Waals surface area contributed by atoms with Gasteiger partial charge in [-0.25, -0.2) is 8.42 Å². The van der Waals surface area contributed by atoms with Crippen molar-refractivity contribution in [3.8, 4) is 0 Å². The van der Waals surface area contributed by atoms with Crippen molar-refractivity contribution < 1.29 is 23.1 Å². The van der Waals surface area contributed by atoms with Crippen LogP contribution in [0, 0.1) is 0 Å². The van der Waals surface area contributed by atoms with Crippen molar-refractivity contribution in [1.82, 2.24) is 0 Å². The molecule has 0 aliphatic rings. The van der Waals surface area contributed by atoms with Gasteiger partial charge in [0.15, 0.2) is 0 Å². The lowest BCUT2D eigenvalue weighted by molar-refractivity contribution is -0.123. The molecular formula is C14H13ClN2O5S2. The largest absolute Gasteiger partial charge is 0.384 e. The highest BCUT2D eigenvalue weighted by atomic mass is 35.5. The molecule has 24 heavy (non-hydrogen) atoms. The van der Waals surface area contributed by atoms with Crippen LogP contribution in [-0.4, -0.2) is 31.4 Å². The average Bonchev–Trinajstić information content (AvgIpc) is 2.92. The number of hydrogen-bond donors (Lipinski definition) is 3. The Morgan fingerprint density at radius 2 is 1.88 bits per heavy atom. The van der Waals surface area contributed by atoms with Crippen LogP contribution in [-0.2, 0) is 14.6 Å². The first-order chi connectivity index (χ1) is 11.1. The zero-order chi connectivity index (χ0) is 18.1. The van der Waals surface area contributed by atoms with Crippen LogP contribution in [0.1, 0.15) is 17.3 Å². The van der Waals surface area contributed by atoms with E-state index in [0.29, 0.717) is 16.4 Å². The van der Waals surface area contributed by atoms with Crippen LogP contribution >= 0.6 is 22.9 Å². The highest BCUT2D eigenvalue weighted by Gasteiger charge is 2.25. The maximum absolute atomic E-state index is 12.6. The van der Waals surface area contributed by atoms with Crippen molar-refractivity contribution in [2.75, 3.05) is 5.32 Å². The van der Waals surface area contributed by atoms with Gasteiger partial charge in [0.1, 0.15) is 15.3 Å². The molecule has 0 fully saturated rings. The van der Waals surface area contributed by atoms with Gasteiger partial charge in [-0.15, -0.1) is 11.3 Å². The molecule has 1 unspecified atom stereocenters. The number of carbonyl (C=O) groups excluding carboxylic acids is 2. The number of nitrogens with two attached hydrogens (primary N) is 1. The van der Waals surface area contributed by atoms with E-state index in [2.05, 4.69) is 5.32 Å². The first-order valence-electron chi connectivity index (χ1n) is 6.56. The monoisotopic (exact) mass is 388 g/mol. The lowest BCUT2D eigenvalue weighted by atomic mass is 10.3. The predicted molar refractivity (Wildman–Crippen MR) is 90.1 cm³/mol. The van der Waals surface area contributed by atoms with Crippen molar-refractivity contribution >= 4 is 49.6 Å². The maximum Gasteiger partial charge on any atom is 0.253 e. The molecule has 128 valence electrons. The van der Waals surface area contributed by atoms with Crippen molar-refractivity contribution in [3.63, 3.8) is 0 Å². The molecule has 2 rings (SSSR count). The molecule has 0 aliphatic carbocycles. The number of primary amides is 1. The number of aliphatic hydroxyl groups excluding tert-OH is 1. The van der Waals surface area contributed by atoms with Gasteiger partial charge >= 0.3 is 0 Å². The molecule has 1 heterocycles. The first-order valence-corrected chi connectivity index (χ1v) is 9.24. The molecular weight excluding hydrogens is 376 g/mol. The molecule has 1 aromatic carbocycles. The second kappa shape index (κ2) is 6.89. The molecule has 0 spiro atoms. The number of aliphatic hydroxyl groups is 1. The van der Waals surface area contributed by atoms with Crippen LogP contribution in [0.15, 0.2) is 39.4 Å². The molecule has 10 heteroatoms. The number of benzene rings is 1. The fourth-order valence-corrected chi connectivity index (χ4v) is 4.63. The van der Waals surface area contributed by atoms with Gasteiger partial charge in [0.05, 0.1) is 10.5 Å². The Morgan fingerprint density at radius 1 is 1.29 bits per heavy atom. The summed E-state index contributed by atoms with van der Waals surface area (Å²) in [7, 11) is -3.91. The molecule has 0 bridgehead atoms. The van der Waals surface area contributed by atoms with Gasteiger partial charge in [0.25, 0.3) is 11.8 Å². The van der Waals surface area contributed by atoms with E-state index in [4.69, 9.17) is 17.3 Å². The number of rotatable bonds is 5. The van der Waals surface area contributed by atoms with E-state index >= 15 is 0 Å². The number of amides is 2. The van der Waals surface area contributed by atoms with Crippen LogP contribution in [0.5, 0.6) is 0 Å². The highest BCUT2D eigenvalue weighted by Crippen LogP contribution is 2.35. The van der Waals surface area contributed by atoms with Gasteiger partial charge in [-0.2, -0.15) is 0 Å². The Hall–Kier alpha value is -1.94. The Bertz CT molecular complexity index is 888. The van der Waals surface area contributed by atoms with E-state index in [1.807, 2.05) is 0 Å². The summed E-state index contributed by atoms with van der Waals surface area (Å²) in [5, 5.41) is 11.9. The second-order valence-corrected chi connectivity index (χ2v) is 8.46. The van der Waals surface area contributed by atoms with Crippen molar-refractivity contribution in [2.45, 2.75) is 22.1 Å². The van der Waals surface area contributed by atoms with Crippen molar-refractivity contribution in [1.29, 1.82) is 0 Å². The summed E-state index contributed by atoms with van der Waals surface area (Å²) in [6, 6.07) is 6.60. The Labute approximate surface area is 147 Å². The van der Waals surface area contributed by atoms with Crippen LogP contribution in [0.2, 0.25) is 5.02 Å². The summed E-state index contributed by atoms with van der Waals surface area (Å²) >= 11 is 6.42. The maximum atomic E-state index is 12.6. The lowest BCUT2D eigenvalue weighted by Crippen LogP contribution is -2.25. The SMILES string of the molecule is CC(O)C(=O)Nc1sc(S(=O)(=O)c2ccc(Cl)cc2)cc1C(N)=O. The first kappa shape index (κ1) is 18.4. The standard InChI is InChI=1S/C14H13ClN2O5S2/c1-7(18)13(20)17-14-10(12(16)19)6-11(23-14)24(21,22)9-4-2-8(15)3-5-9/h2-7,18H,1H3,(H2,16,19)(H,17,20). The minimum absolute atomic E-state index is 0.0161. The van der Waals surface area contributed by atoms with Gasteiger partial charge in [-0.05, 0) is 37.3 Å². The zero-order valence-electron chi connectivity index (χ0n) is 12.3. The van der Waals surface area contributed by atoms with E-state index in [1.165, 1.54) is 31.2 Å². The van der Waals surface area contributed by atoms with Crippen molar-refractivity contribution in [2.24, 2.45) is 5.73 Å². The van der Waals surface area contributed by atoms with Gasteiger partial charge in [0.2, 0.25) is 9.84 Å². The number of anilines is 1. The van der Waals surface area contributed by atoms with Crippen LogP contribution in [0.4, 0.5) is 5.00 Å². The van der Waals surface area contributed by atoms with Crippen LogP contribution in [0.25, 0.3) is 0 Å². The Kier molecular flexibility index (Phi) is 5.29. The predicted octanol–water partition coefficient (Wildman–Crippen LogP) is 1.65. The number of sulfone groups is 1. The minimum atomic E-state index is -3.91. The van der Waals surface area contributed by atoms with Crippen LogP contribution < -0.4 is 11.1 Å². The van der Waals surface area contributed by atoms with E-state index in [9.17, 15) is 23.1 Å². The third-order valence-corrected chi connectivity index (χ3v) is 6.53. The molecule has 0 aliphatic heterocycles. The van der Waals surface area contributed by atoms with Gasteiger partial charge in [-0.1, -0.05) is 11.6 Å². The molecule has 1 atom stereocenters. The minimum Gasteiger partial charge on any atom is -0.384 e. The van der Waals surface area contributed by atoms with Gasteiger partial charge in [0, 0.05) is 5.02 Å². The van der Waals surface area contributed by atoms with E-state index in [1.54, 1.807) is 0 Å². The number of nitrogens with one attached hydrogen (secondary N) is 1. The third kappa shape index (κ3) is 3.75.